The zero-order chi connectivity index (χ0) is 14.0. The Morgan fingerprint density at radius 1 is 1.37 bits per heavy atom. The molecule has 1 fully saturated rings. The molecule has 2 rings (SSSR count). The molecule has 1 aromatic carbocycles. The molecule has 0 spiro atoms. The van der Waals surface area contributed by atoms with E-state index >= 15 is 0 Å². The first-order chi connectivity index (χ1) is 8.97. The molecule has 3 heteroatoms. The van der Waals surface area contributed by atoms with Crippen LogP contribution >= 0.6 is 0 Å². The van der Waals surface area contributed by atoms with Gasteiger partial charge in [0.05, 0.1) is 6.04 Å². The lowest BCUT2D eigenvalue weighted by Crippen LogP contribution is -2.34. The molecule has 1 heterocycles. The van der Waals surface area contributed by atoms with Crippen LogP contribution in [0.5, 0.6) is 0 Å². The summed E-state index contributed by atoms with van der Waals surface area (Å²) in [6.45, 7) is 11.9. The van der Waals surface area contributed by atoms with Gasteiger partial charge in [0.15, 0.2) is 0 Å². The first-order valence-electron chi connectivity index (χ1n) is 6.67. The van der Waals surface area contributed by atoms with Crippen molar-refractivity contribution in [3.8, 4) is 0 Å². The third kappa shape index (κ3) is 3.16. The van der Waals surface area contributed by atoms with E-state index in [1.54, 1.807) is 6.07 Å². The largest absolute Gasteiger partial charge is 0.377 e. The van der Waals surface area contributed by atoms with Crippen molar-refractivity contribution in [3.63, 3.8) is 0 Å². The van der Waals surface area contributed by atoms with E-state index in [4.69, 9.17) is 0 Å². The van der Waals surface area contributed by atoms with Crippen molar-refractivity contribution in [2.45, 2.75) is 38.6 Å². The summed E-state index contributed by atoms with van der Waals surface area (Å²) in [6.07, 6.45) is 1.83. The molecular formula is C16H21FN2. The topological polar surface area (TPSA) is 24.1 Å². The summed E-state index contributed by atoms with van der Waals surface area (Å²) >= 11 is 0. The third-order valence-corrected chi connectivity index (χ3v) is 3.46. The highest BCUT2D eigenvalue weighted by Gasteiger charge is 2.19. The van der Waals surface area contributed by atoms with Crippen molar-refractivity contribution >= 4 is 5.69 Å². The fourth-order valence-electron chi connectivity index (χ4n) is 2.32. The van der Waals surface area contributed by atoms with Crippen molar-refractivity contribution in [3.05, 3.63) is 54.1 Å². The van der Waals surface area contributed by atoms with E-state index in [-0.39, 0.29) is 17.8 Å². The zero-order valence-corrected chi connectivity index (χ0v) is 11.6. The van der Waals surface area contributed by atoms with Crippen molar-refractivity contribution < 1.29 is 4.39 Å². The molecule has 19 heavy (non-hydrogen) atoms. The van der Waals surface area contributed by atoms with Gasteiger partial charge in [-0.25, -0.2) is 4.39 Å². The van der Waals surface area contributed by atoms with Gasteiger partial charge in [-0.2, -0.15) is 0 Å². The Bertz CT molecular complexity index is 505. The molecule has 0 amide bonds. The lowest BCUT2D eigenvalue weighted by molar-refractivity contribution is 0.594. The van der Waals surface area contributed by atoms with Crippen molar-refractivity contribution in [2.75, 3.05) is 5.32 Å². The molecular weight excluding hydrogens is 239 g/mol. The Balaban J connectivity index is 2.09. The van der Waals surface area contributed by atoms with Crippen LogP contribution in [0.1, 0.15) is 38.2 Å². The molecule has 0 radical (unpaired) electrons. The monoisotopic (exact) mass is 260 g/mol. The van der Waals surface area contributed by atoms with Gasteiger partial charge in [0.25, 0.3) is 0 Å². The Kier molecular flexibility index (Phi) is 3.93. The summed E-state index contributed by atoms with van der Waals surface area (Å²) in [5.41, 5.74) is 3.43. The molecule has 0 saturated carbocycles. The predicted octanol–water partition coefficient (Wildman–Crippen LogP) is 4.14. The Labute approximate surface area is 114 Å². The smallest absolute Gasteiger partial charge is 0.128 e. The fraction of sp³-hybridized carbons (Fsp3) is 0.375. The van der Waals surface area contributed by atoms with Gasteiger partial charge in [-0.15, -0.1) is 0 Å². The van der Waals surface area contributed by atoms with Gasteiger partial charge in [0, 0.05) is 17.1 Å². The second-order valence-electron chi connectivity index (χ2n) is 5.38. The molecule has 1 aliphatic rings. The molecule has 1 unspecified atom stereocenters. The summed E-state index contributed by atoms with van der Waals surface area (Å²) in [6, 6.07) is 5.45. The number of allylic oxidation sites excluding steroid dienone is 1. The molecule has 2 N–H and O–H groups in total. The second-order valence-corrected chi connectivity index (χ2v) is 5.38. The highest BCUT2D eigenvalue weighted by Crippen LogP contribution is 2.25. The van der Waals surface area contributed by atoms with Crippen molar-refractivity contribution in [1.82, 2.24) is 5.32 Å². The zero-order valence-electron chi connectivity index (χ0n) is 11.6. The van der Waals surface area contributed by atoms with E-state index in [1.165, 1.54) is 0 Å². The van der Waals surface area contributed by atoms with E-state index in [0.29, 0.717) is 0 Å². The minimum atomic E-state index is -0.154. The molecule has 1 aliphatic heterocycles. The van der Waals surface area contributed by atoms with E-state index in [1.807, 2.05) is 26.0 Å². The van der Waals surface area contributed by atoms with Gasteiger partial charge in [0.2, 0.25) is 0 Å². The fourth-order valence-corrected chi connectivity index (χ4v) is 2.32. The summed E-state index contributed by atoms with van der Waals surface area (Å²) in [4.78, 5) is 0. The molecule has 2 nitrogen and oxygen atoms in total. The molecule has 102 valence electrons. The number of halogens is 1. The Morgan fingerprint density at radius 3 is 2.68 bits per heavy atom. The van der Waals surface area contributed by atoms with Crippen molar-refractivity contribution in [1.29, 1.82) is 0 Å². The van der Waals surface area contributed by atoms with Crippen LogP contribution < -0.4 is 10.6 Å². The first kappa shape index (κ1) is 13.7. The lowest BCUT2D eigenvalue weighted by Gasteiger charge is -2.29. The van der Waals surface area contributed by atoms with Gasteiger partial charge < -0.3 is 10.6 Å². The van der Waals surface area contributed by atoms with Crippen LogP contribution in [-0.2, 0) is 0 Å². The third-order valence-electron chi connectivity index (χ3n) is 3.46. The number of hydrogen-bond donors (Lipinski definition) is 2. The van der Waals surface area contributed by atoms with Crippen LogP contribution in [0.3, 0.4) is 0 Å². The number of piperidine rings is 1. The molecule has 1 aromatic rings. The summed E-state index contributed by atoms with van der Waals surface area (Å²) in [7, 11) is 0. The first-order valence-corrected chi connectivity index (χ1v) is 6.67. The second kappa shape index (κ2) is 5.47. The summed E-state index contributed by atoms with van der Waals surface area (Å²) in [5.74, 6) is 0.0440. The maximum absolute atomic E-state index is 13.9. The lowest BCUT2D eigenvalue weighted by atomic mass is 10.0. The maximum atomic E-state index is 13.9. The minimum absolute atomic E-state index is 0.120. The van der Waals surface area contributed by atoms with Gasteiger partial charge in [-0.3, -0.25) is 0 Å². The Morgan fingerprint density at radius 2 is 2.11 bits per heavy atom. The quantitative estimate of drug-likeness (QED) is 0.853. The van der Waals surface area contributed by atoms with Gasteiger partial charge >= 0.3 is 0 Å². The molecule has 1 atom stereocenters. The number of benzene rings is 1. The van der Waals surface area contributed by atoms with E-state index in [2.05, 4.69) is 23.8 Å². The summed E-state index contributed by atoms with van der Waals surface area (Å²) < 4.78 is 13.9. The highest BCUT2D eigenvalue weighted by atomic mass is 19.1. The Hall–Kier alpha value is -1.77. The average molecular weight is 260 g/mol. The van der Waals surface area contributed by atoms with Crippen molar-refractivity contribution in [2.24, 2.45) is 0 Å². The van der Waals surface area contributed by atoms with Crippen LogP contribution in [0.2, 0.25) is 0 Å². The maximum Gasteiger partial charge on any atom is 0.128 e. The molecule has 0 aromatic heterocycles. The van der Waals surface area contributed by atoms with Crippen LogP contribution in [-0.4, -0.2) is 6.04 Å². The van der Waals surface area contributed by atoms with Crippen LogP contribution in [0.15, 0.2) is 42.8 Å². The van der Waals surface area contributed by atoms with Gasteiger partial charge in [0.1, 0.15) is 5.82 Å². The SMILES string of the molecule is C=C1CCC(Nc2ccc(C(C)C)c(F)c2)C(=C)N1. The van der Waals surface area contributed by atoms with E-state index in [0.717, 1.165) is 35.5 Å². The van der Waals surface area contributed by atoms with Crippen LogP contribution in [0, 0.1) is 5.82 Å². The van der Waals surface area contributed by atoms with Crippen LogP contribution in [0.25, 0.3) is 0 Å². The van der Waals surface area contributed by atoms with Gasteiger partial charge in [-0.05, 0) is 36.5 Å². The summed E-state index contributed by atoms with van der Waals surface area (Å²) in [5, 5.41) is 6.46. The number of rotatable bonds is 3. The molecule has 0 bridgehead atoms. The number of hydrogen-bond acceptors (Lipinski definition) is 2. The minimum Gasteiger partial charge on any atom is -0.377 e. The molecule has 0 aliphatic carbocycles. The van der Waals surface area contributed by atoms with Crippen LogP contribution in [0.4, 0.5) is 10.1 Å². The van der Waals surface area contributed by atoms with Gasteiger partial charge in [-0.1, -0.05) is 33.1 Å². The number of nitrogens with one attached hydrogen (secondary N) is 2. The predicted molar refractivity (Wildman–Crippen MR) is 78.5 cm³/mol. The highest BCUT2D eigenvalue weighted by molar-refractivity contribution is 5.48. The molecule has 1 saturated heterocycles. The average Bonchev–Trinajstić information content (AvgIpc) is 2.32. The number of anilines is 1. The van der Waals surface area contributed by atoms with E-state index < -0.39 is 0 Å². The standard InChI is InChI=1S/C16H21FN2/c1-10(2)14-7-6-13(9-15(14)17)19-16-8-5-11(3)18-12(16)4/h6-7,9-10,16,18-19H,3-5,8H2,1-2H3. The van der Waals surface area contributed by atoms with E-state index in [9.17, 15) is 4.39 Å². The normalized spacial score (nSPS) is 19.5.